The zero-order valence-corrected chi connectivity index (χ0v) is 12.5. The fourth-order valence-electron chi connectivity index (χ4n) is 3.20. The van der Waals surface area contributed by atoms with Crippen molar-refractivity contribution in [1.29, 1.82) is 0 Å². The minimum atomic E-state index is -0.903. The van der Waals surface area contributed by atoms with E-state index < -0.39 is 5.97 Å². The van der Waals surface area contributed by atoms with E-state index in [-0.39, 0.29) is 0 Å². The van der Waals surface area contributed by atoms with Crippen molar-refractivity contribution in [3.05, 3.63) is 35.9 Å². The van der Waals surface area contributed by atoms with Crippen molar-refractivity contribution in [1.82, 2.24) is 14.3 Å². The van der Waals surface area contributed by atoms with Crippen molar-refractivity contribution in [2.24, 2.45) is 0 Å². The van der Waals surface area contributed by atoms with Gasteiger partial charge < -0.3 is 10.0 Å². The largest absolute Gasteiger partial charge is 0.477 e. The summed E-state index contributed by atoms with van der Waals surface area (Å²) in [5, 5.41) is 9.38. The van der Waals surface area contributed by atoms with Gasteiger partial charge in [-0.3, -0.25) is 4.40 Å². The molecule has 112 valence electrons. The van der Waals surface area contributed by atoms with E-state index in [9.17, 15) is 9.90 Å². The van der Waals surface area contributed by atoms with Gasteiger partial charge in [0, 0.05) is 12.0 Å². The van der Waals surface area contributed by atoms with Gasteiger partial charge in [0.25, 0.3) is 0 Å². The van der Waals surface area contributed by atoms with Gasteiger partial charge in [-0.05, 0) is 51.9 Å². The van der Waals surface area contributed by atoms with E-state index in [0.29, 0.717) is 17.7 Å². The summed E-state index contributed by atoms with van der Waals surface area (Å²) in [5.41, 5.74) is 1.16. The maximum absolute atomic E-state index is 11.4. The lowest BCUT2D eigenvalue weighted by molar-refractivity contribution is 0.0688. The van der Waals surface area contributed by atoms with Gasteiger partial charge in [0.1, 0.15) is 11.5 Å². The molecule has 0 spiro atoms. The molecule has 0 atom stereocenters. The summed E-state index contributed by atoms with van der Waals surface area (Å²) in [6, 6.07) is 5.89. The minimum Gasteiger partial charge on any atom is -0.477 e. The molecule has 3 heterocycles. The van der Waals surface area contributed by atoms with Crippen molar-refractivity contribution in [2.45, 2.75) is 38.6 Å². The molecular weight excluding hydrogens is 266 g/mol. The highest BCUT2D eigenvalue weighted by Gasteiger charge is 2.26. The number of aromatic carboxylic acids is 1. The number of carboxylic acid groups (broad SMARTS) is 1. The van der Waals surface area contributed by atoms with Gasteiger partial charge in [-0.15, -0.1) is 0 Å². The Morgan fingerprint density at radius 2 is 2.05 bits per heavy atom. The van der Waals surface area contributed by atoms with Crippen LogP contribution in [0.5, 0.6) is 0 Å². The van der Waals surface area contributed by atoms with Crippen molar-refractivity contribution in [3.63, 3.8) is 0 Å². The third-order valence-electron chi connectivity index (χ3n) is 4.42. The molecule has 0 unspecified atom stereocenters. The second-order valence-electron chi connectivity index (χ2n) is 6.00. The molecule has 0 aliphatic carbocycles. The van der Waals surface area contributed by atoms with Gasteiger partial charge in [-0.25, -0.2) is 9.78 Å². The second-order valence-corrected chi connectivity index (χ2v) is 6.00. The number of imidazole rings is 1. The van der Waals surface area contributed by atoms with Gasteiger partial charge in [-0.2, -0.15) is 0 Å². The number of hydrogen-bond acceptors (Lipinski definition) is 3. The van der Waals surface area contributed by atoms with E-state index >= 15 is 0 Å². The summed E-state index contributed by atoms with van der Waals surface area (Å²) >= 11 is 0. The van der Waals surface area contributed by atoms with E-state index in [4.69, 9.17) is 0 Å². The van der Waals surface area contributed by atoms with Crippen LogP contribution in [0.15, 0.2) is 24.4 Å². The molecule has 0 aromatic carbocycles. The van der Waals surface area contributed by atoms with Gasteiger partial charge in [0.05, 0.1) is 11.7 Å². The molecule has 0 radical (unpaired) electrons. The number of pyridine rings is 1. The molecule has 3 rings (SSSR count). The zero-order valence-electron chi connectivity index (χ0n) is 12.5. The molecule has 0 saturated carbocycles. The van der Waals surface area contributed by atoms with Crippen molar-refractivity contribution in [3.8, 4) is 0 Å². The maximum atomic E-state index is 11.4. The van der Waals surface area contributed by atoms with Crippen LogP contribution in [-0.2, 0) is 0 Å². The molecule has 1 N–H and O–H groups in total. The van der Waals surface area contributed by atoms with E-state index in [1.54, 1.807) is 22.7 Å². The number of rotatable bonds is 3. The third-order valence-corrected chi connectivity index (χ3v) is 4.42. The molecule has 5 heteroatoms. The molecule has 0 bridgehead atoms. The lowest BCUT2D eigenvalue weighted by Gasteiger charge is -2.34. The second kappa shape index (κ2) is 5.48. The summed E-state index contributed by atoms with van der Waals surface area (Å²) in [7, 11) is 0. The molecule has 1 fully saturated rings. The number of piperidine rings is 1. The van der Waals surface area contributed by atoms with Crippen LogP contribution >= 0.6 is 0 Å². The standard InChI is InChI=1S/C16H21N3O2/c1-11(2)18-8-6-12(7-9-18)15-17-10-13-4-3-5-14(16(20)21)19(13)15/h3-5,10-12H,6-9H2,1-2H3,(H,20,21). The maximum Gasteiger partial charge on any atom is 0.352 e. The quantitative estimate of drug-likeness (QED) is 0.942. The lowest BCUT2D eigenvalue weighted by Crippen LogP contribution is -2.38. The number of aromatic nitrogens is 2. The van der Waals surface area contributed by atoms with Crippen LogP contribution in [0.4, 0.5) is 0 Å². The molecule has 1 saturated heterocycles. The number of nitrogens with zero attached hydrogens (tertiary/aromatic N) is 3. The number of carboxylic acids is 1. The minimum absolute atomic E-state index is 0.297. The summed E-state index contributed by atoms with van der Waals surface area (Å²) in [4.78, 5) is 18.4. The molecule has 5 nitrogen and oxygen atoms in total. The Hall–Kier alpha value is -1.88. The van der Waals surface area contributed by atoms with E-state index in [2.05, 4.69) is 23.7 Å². The van der Waals surface area contributed by atoms with Crippen LogP contribution in [0.2, 0.25) is 0 Å². The van der Waals surface area contributed by atoms with Crippen LogP contribution in [-0.4, -0.2) is 44.5 Å². The normalized spacial score (nSPS) is 17.7. The number of likely N-dealkylation sites (tertiary alicyclic amines) is 1. The Morgan fingerprint density at radius 3 is 2.67 bits per heavy atom. The molecule has 1 aliphatic rings. The fourth-order valence-corrected chi connectivity index (χ4v) is 3.20. The van der Waals surface area contributed by atoms with E-state index in [1.807, 2.05) is 6.07 Å². The topological polar surface area (TPSA) is 57.8 Å². The Kier molecular flexibility index (Phi) is 3.68. The average molecular weight is 287 g/mol. The highest BCUT2D eigenvalue weighted by atomic mass is 16.4. The van der Waals surface area contributed by atoms with E-state index in [0.717, 1.165) is 37.3 Å². The lowest BCUT2D eigenvalue weighted by atomic mass is 9.95. The van der Waals surface area contributed by atoms with Crippen LogP contribution in [0.1, 0.15) is 48.9 Å². The van der Waals surface area contributed by atoms with Crippen LogP contribution in [0.3, 0.4) is 0 Å². The Labute approximate surface area is 124 Å². The zero-order chi connectivity index (χ0) is 15.0. The Morgan fingerprint density at radius 1 is 1.33 bits per heavy atom. The van der Waals surface area contributed by atoms with Crippen LogP contribution in [0.25, 0.3) is 5.52 Å². The SMILES string of the molecule is CC(C)N1CCC(c2ncc3cccc(C(=O)O)n23)CC1. The van der Waals surface area contributed by atoms with Gasteiger partial charge in [-0.1, -0.05) is 6.07 Å². The molecule has 0 amide bonds. The summed E-state index contributed by atoms with van der Waals surface area (Å²) in [5.74, 6) is 0.328. The first-order chi connectivity index (χ1) is 10.1. The smallest absolute Gasteiger partial charge is 0.352 e. The number of hydrogen-bond donors (Lipinski definition) is 1. The highest BCUT2D eigenvalue weighted by Crippen LogP contribution is 2.29. The molecule has 2 aromatic heterocycles. The van der Waals surface area contributed by atoms with Crippen molar-refractivity contribution in [2.75, 3.05) is 13.1 Å². The van der Waals surface area contributed by atoms with Crippen molar-refractivity contribution >= 4 is 11.5 Å². The summed E-state index contributed by atoms with van der Waals surface area (Å²) < 4.78 is 1.80. The predicted octanol–water partition coefficient (Wildman–Crippen LogP) is 2.62. The molecule has 2 aromatic rings. The average Bonchev–Trinajstić information content (AvgIpc) is 2.91. The summed E-state index contributed by atoms with van der Waals surface area (Å²) in [6.07, 6.45) is 3.84. The predicted molar refractivity (Wildman–Crippen MR) is 80.8 cm³/mol. The monoisotopic (exact) mass is 287 g/mol. The Balaban J connectivity index is 1.93. The summed E-state index contributed by atoms with van der Waals surface area (Å²) in [6.45, 7) is 6.53. The highest BCUT2D eigenvalue weighted by molar-refractivity contribution is 5.86. The van der Waals surface area contributed by atoms with Gasteiger partial charge in [0.15, 0.2) is 0 Å². The first-order valence-corrected chi connectivity index (χ1v) is 7.51. The third kappa shape index (κ3) is 2.53. The van der Waals surface area contributed by atoms with Gasteiger partial charge in [0.2, 0.25) is 0 Å². The van der Waals surface area contributed by atoms with E-state index in [1.165, 1.54) is 0 Å². The van der Waals surface area contributed by atoms with Crippen LogP contribution in [0, 0.1) is 0 Å². The number of fused-ring (bicyclic) bond motifs is 1. The molecule has 1 aliphatic heterocycles. The Bertz CT molecular complexity index is 655. The first-order valence-electron chi connectivity index (χ1n) is 7.51. The van der Waals surface area contributed by atoms with Crippen molar-refractivity contribution < 1.29 is 9.90 Å². The van der Waals surface area contributed by atoms with Crippen LogP contribution < -0.4 is 0 Å². The first kappa shape index (κ1) is 14.1. The molecular formula is C16H21N3O2. The molecule has 21 heavy (non-hydrogen) atoms. The van der Waals surface area contributed by atoms with Gasteiger partial charge >= 0.3 is 5.97 Å². The fraction of sp³-hybridized carbons (Fsp3) is 0.500. The number of carbonyl (C=O) groups is 1.